The standard InChI is InChI=1S/C12H14ClF2NO2/c1-6(12(17)18-3)7(2)16-11-9(13)4-8(14)5-10(11)15/h4-7,16H,1-3H3. The van der Waals surface area contributed by atoms with Crippen molar-refractivity contribution in [2.45, 2.75) is 19.9 Å². The van der Waals surface area contributed by atoms with Crippen LogP contribution in [0.1, 0.15) is 13.8 Å². The quantitative estimate of drug-likeness (QED) is 0.859. The number of ether oxygens (including phenoxy) is 1. The third kappa shape index (κ3) is 3.32. The predicted molar refractivity (Wildman–Crippen MR) is 65.6 cm³/mol. The van der Waals surface area contributed by atoms with Gasteiger partial charge in [0.05, 0.1) is 23.7 Å². The van der Waals surface area contributed by atoms with Crippen molar-refractivity contribution in [3.05, 3.63) is 28.8 Å². The van der Waals surface area contributed by atoms with Gasteiger partial charge >= 0.3 is 5.97 Å². The van der Waals surface area contributed by atoms with E-state index in [1.54, 1.807) is 13.8 Å². The summed E-state index contributed by atoms with van der Waals surface area (Å²) < 4.78 is 31.0. The summed E-state index contributed by atoms with van der Waals surface area (Å²) in [5, 5.41) is 2.67. The minimum Gasteiger partial charge on any atom is -0.469 e. The highest BCUT2D eigenvalue weighted by Crippen LogP contribution is 2.28. The van der Waals surface area contributed by atoms with E-state index in [4.69, 9.17) is 11.6 Å². The average molecular weight is 278 g/mol. The van der Waals surface area contributed by atoms with E-state index >= 15 is 0 Å². The van der Waals surface area contributed by atoms with Crippen molar-refractivity contribution in [1.82, 2.24) is 0 Å². The second kappa shape index (κ2) is 6.00. The van der Waals surface area contributed by atoms with Crippen LogP contribution in [-0.2, 0) is 9.53 Å². The smallest absolute Gasteiger partial charge is 0.310 e. The Morgan fingerprint density at radius 3 is 2.50 bits per heavy atom. The van der Waals surface area contributed by atoms with Gasteiger partial charge in [0.25, 0.3) is 0 Å². The van der Waals surface area contributed by atoms with Gasteiger partial charge in [-0.25, -0.2) is 8.78 Å². The number of hydrogen-bond donors (Lipinski definition) is 1. The minimum absolute atomic E-state index is 0.0266. The molecule has 0 aliphatic carbocycles. The third-order valence-corrected chi connectivity index (χ3v) is 3.00. The van der Waals surface area contributed by atoms with Gasteiger partial charge in [0, 0.05) is 12.1 Å². The zero-order valence-corrected chi connectivity index (χ0v) is 11.0. The maximum atomic E-state index is 13.5. The van der Waals surface area contributed by atoms with E-state index in [1.807, 2.05) is 0 Å². The van der Waals surface area contributed by atoms with E-state index in [1.165, 1.54) is 7.11 Å². The zero-order valence-electron chi connectivity index (χ0n) is 10.3. The molecule has 0 saturated heterocycles. The molecular weight excluding hydrogens is 264 g/mol. The van der Waals surface area contributed by atoms with Crippen LogP contribution < -0.4 is 5.32 Å². The second-order valence-corrected chi connectivity index (χ2v) is 4.40. The maximum absolute atomic E-state index is 13.5. The number of benzene rings is 1. The molecule has 0 amide bonds. The van der Waals surface area contributed by atoms with Crippen molar-refractivity contribution in [3.63, 3.8) is 0 Å². The van der Waals surface area contributed by atoms with Crippen molar-refractivity contribution in [1.29, 1.82) is 0 Å². The maximum Gasteiger partial charge on any atom is 0.310 e. The molecule has 0 fully saturated rings. The summed E-state index contributed by atoms with van der Waals surface area (Å²) in [6.07, 6.45) is 0. The lowest BCUT2D eigenvalue weighted by atomic mass is 10.0. The summed E-state index contributed by atoms with van der Waals surface area (Å²) in [6.45, 7) is 3.32. The third-order valence-electron chi connectivity index (χ3n) is 2.70. The van der Waals surface area contributed by atoms with Crippen molar-refractivity contribution in [2.75, 3.05) is 12.4 Å². The monoisotopic (exact) mass is 277 g/mol. The van der Waals surface area contributed by atoms with Gasteiger partial charge in [-0.1, -0.05) is 11.6 Å². The number of anilines is 1. The summed E-state index contributed by atoms with van der Waals surface area (Å²) in [7, 11) is 1.27. The molecule has 0 radical (unpaired) electrons. The molecular formula is C12H14ClF2NO2. The summed E-state index contributed by atoms with van der Waals surface area (Å²) in [5.74, 6) is -2.47. The van der Waals surface area contributed by atoms with Crippen LogP contribution in [0, 0.1) is 17.6 Å². The van der Waals surface area contributed by atoms with E-state index in [-0.39, 0.29) is 10.7 Å². The molecule has 18 heavy (non-hydrogen) atoms. The van der Waals surface area contributed by atoms with Gasteiger partial charge in [-0.2, -0.15) is 0 Å². The van der Waals surface area contributed by atoms with Crippen LogP contribution in [0.25, 0.3) is 0 Å². The van der Waals surface area contributed by atoms with Crippen LogP contribution in [0.5, 0.6) is 0 Å². The Bertz CT molecular complexity index is 431. The number of carbonyl (C=O) groups excluding carboxylic acids is 1. The lowest BCUT2D eigenvalue weighted by Gasteiger charge is -2.21. The molecule has 1 aromatic carbocycles. The number of rotatable bonds is 4. The molecule has 0 heterocycles. The number of nitrogens with one attached hydrogen (secondary N) is 1. The fraction of sp³-hybridized carbons (Fsp3) is 0.417. The average Bonchev–Trinajstić information content (AvgIpc) is 2.31. The Morgan fingerprint density at radius 2 is 2.00 bits per heavy atom. The molecule has 100 valence electrons. The molecule has 6 heteroatoms. The second-order valence-electron chi connectivity index (χ2n) is 3.99. The molecule has 0 bridgehead atoms. The topological polar surface area (TPSA) is 38.3 Å². The van der Waals surface area contributed by atoms with E-state index < -0.39 is 29.6 Å². The summed E-state index contributed by atoms with van der Waals surface area (Å²) in [6, 6.07) is 1.32. The highest BCUT2D eigenvalue weighted by Gasteiger charge is 2.22. The zero-order chi connectivity index (χ0) is 13.9. The van der Waals surface area contributed by atoms with Crippen LogP contribution in [0.2, 0.25) is 5.02 Å². The van der Waals surface area contributed by atoms with E-state index in [2.05, 4.69) is 10.1 Å². The molecule has 1 N–H and O–H groups in total. The molecule has 0 spiro atoms. The Labute approximate surface area is 109 Å². The first kappa shape index (κ1) is 14.7. The Morgan fingerprint density at radius 1 is 1.39 bits per heavy atom. The first-order chi connectivity index (χ1) is 8.36. The Kier molecular flexibility index (Phi) is 4.90. The molecule has 2 unspecified atom stereocenters. The molecule has 0 aliphatic heterocycles. The largest absolute Gasteiger partial charge is 0.469 e. The number of esters is 1. The lowest BCUT2D eigenvalue weighted by Crippen LogP contribution is -2.31. The molecule has 2 atom stereocenters. The summed E-state index contributed by atoms with van der Waals surface area (Å²) >= 11 is 5.74. The fourth-order valence-corrected chi connectivity index (χ4v) is 1.67. The van der Waals surface area contributed by atoms with Crippen LogP contribution in [-0.4, -0.2) is 19.1 Å². The van der Waals surface area contributed by atoms with Crippen molar-refractivity contribution in [3.8, 4) is 0 Å². The van der Waals surface area contributed by atoms with Gasteiger partial charge in [-0.3, -0.25) is 4.79 Å². The van der Waals surface area contributed by atoms with Crippen molar-refractivity contribution < 1.29 is 18.3 Å². The lowest BCUT2D eigenvalue weighted by molar-refractivity contribution is -0.145. The number of halogens is 3. The van der Waals surface area contributed by atoms with Gasteiger partial charge in [0.1, 0.15) is 5.82 Å². The highest BCUT2D eigenvalue weighted by molar-refractivity contribution is 6.33. The van der Waals surface area contributed by atoms with Crippen molar-refractivity contribution in [2.24, 2.45) is 5.92 Å². The van der Waals surface area contributed by atoms with Gasteiger partial charge in [-0.05, 0) is 19.9 Å². The van der Waals surface area contributed by atoms with Crippen LogP contribution >= 0.6 is 11.6 Å². The highest BCUT2D eigenvalue weighted by atomic mass is 35.5. The predicted octanol–water partition coefficient (Wildman–Crippen LogP) is 3.23. The van der Waals surface area contributed by atoms with Crippen LogP contribution in [0.4, 0.5) is 14.5 Å². The molecule has 0 saturated carbocycles. The number of hydrogen-bond acceptors (Lipinski definition) is 3. The van der Waals surface area contributed by atoms with E-state index in [9.17, 15) is 13.6 Å². The molecule has 1 rings (SSSR count). The minimum atomic E-state index is -0.802. The molecule has 1 aromatic rings. The summed E-state index contributed by atoms with van der Waals surface area (Å²) in [5.41, 5.74) is -0.0266. The van der Waals surface area contributed by atoms with Gasteiger partial charge in [-0.15, -0.1) is 0 Å². The van der Waals surface area contributed by atoms with Gasteiger partial charge < -0.3 is 10.1 Å². The number of methoxy groups -OCH3 is 1. The van der Waals surface area contributed by atoms with Crippen LogP contribution in [0.3, 0.4) is 0 Å². The Balaban J connectivity index is 2.88. The molecule has 0 aliphatic rings. The van der Waals surface area contributed by atoms with Crippen molar-refractivity contribution >= 4 is 23.3 Å². The Hall–Kier alpha value is -1.36. The number of carbonyl (C=O) groups is 1. The van der Waals surface area contributed by atoms with Gasteiger partial charge in [0.15, 0.2) is 5.82 Å². The van der Waals surface area contributed by atoms with E-state index in [0.717, 1.165) is 12.1 Å². The fourth-order valence-electron chi connectivity index (χ4n) is 1.42. The first-order valence-corrected chi connectivity index (χ1v) is 5.73. The molecule has 0 aromatic heterocycles. The van der Waals surface area contributed by atoms with Crippen LogP contribution in [0.15, 0.2) is 12.1 Å². The van der Waals surface area contributed by atoms with E-state index in [0.29, 0.717) is 0 Å². The first-order valence-electron chi connectivity index (χ1n) is 5.35. The normalized spacial score (nSPS) is 13.9. The SMILES string of the molecule is COC(=O)C(C)C(C)Nc1c(F)cc(F)cc1Cl. The molecule has 3 nitrogen and oxygen atoms in total. The summed E-state index contributed by atoms with van der Waals surface area (Å²) in [4.78, 5) is 11.3. The van der Waals surface area contributed by atoms with Gasteiger partial charge in [0.2, 0.25) is 0 Å².